The summed E-state index contributed by atoms with van der Waals surface area (Å²) in [5.41, 5.74) is -0.273. The second-order valence-electron chi connectivity index (χ2n) is 6.42. The molecular formula is C18H23NO4. The summed E-state index contributed by atoms with van der Waals surface area (Å²) in [5.74, 6) is -1.22. The molecule has 0 aromatic heterocycles. The fourth-order valence-corrected chi connectivity index (χ4v) is 2.87. The third-order valence-electron chi connectivity index (χ3n) is 4.04. The van der Waals surface area contributed by atoms with E-state index in [1.807, 2.05) is 39.0 Å². The minimum Gasteiger partial charge on any atom is -0.481 e. The molecular weight excluding hydrogens is 294 g/mol. The summed E-state index contributed by atoms with van der Waals surface area (Å²) in [7, 11) is 0. The lowest BCUT2D eigenvalue weighted by atomic mass is 9.78. The maximum Gasteiger partial charge on any atom is 0.310 e. The monoisotopic (exact) mass is 317 g/mol. The van der Waals surface area contributed by atoms with Crippen molar-refractivity contribution in [2.75, 3.05) is 0 Å². The highest BCUT2D eigenvalue weighted by atomic mass is 16.5. The third kappa shape index (κ3) is 3.92. The van der Waals surface area contributed by atoms with Crippen molar-refractivity contribution in [3.63, 3.8) is 0 Å². The molecule has 2 atom stereocenters. The average Bonchev–Trinajstić information content (AvgIpc) is 2.47. The van der Waals surface area contributed by atoms with E-state index in [9.17, 15) is 14.7 Å². The molecule has 2 N–H and O–H groups in total. The molecule has 5 nitrogen and oxygen atoms in total. The van der Waals surface area contributed by atoms with E-state index in [1.54, 1.807) is 12.1 Å². The minimum absolute atomic E-state index is 0.0124. The second kappa shape index (κ2) is 6.86. The smallest absolute Gasteiger partial charge is 0.310 e. The Morgan fingerprint density at radius 2 is 2.09 bits per heavy atom. The first-order valence-corrected chi connectivity index (χ1v) is 7.78. The van der Waals surface area contributed by atoms with E-state index < -0.39 is 17.5 Å². The molecule has 1 aliphatic heterocycles. The predicted octanol–water partition coefficient (Wildman–Crippen LogP) is 2.89. The standard InChI is InChI=1S/C18H23NO4/c1-12(2)10-14(17(21)22)18(8-9-19-16(20)11-18)23-15-7-5-4-6-13(15)3/h4-9,12,14H,10-11H2,1-3H3,(H,19,20)(H,21,22). The Labute approximate surface area is 136 Å². The van der Waals surface area contributed by atoms with E-state index in [-0.39, 0.29) is 18.2 Å². The van der Waals surface area contributed by atoms with Crippen LogP contribution in [0.2, 0.25) is 0 Å². The van der Waals surface area contributed by atoms with Gasteiger partial charge >= 0.3 is 5.97 Å². The molecule has 1 aliphatic rings. The van der Waals surface area contributed by atoms with E-state index in [1.165, 1.54) is 6.20 Å². The highest BCUT2D eigenvalue weighted by Gasteiger charge is 2.47. The Morgan fingerprint density at radius 3 is 2.65 bits per heavy atom. The summed E-state index contributed by atoms with van der Waals surface area (Å²) in [6.45, 7) is 5.82. The van der Waals surface area contributed by atoms with E-state index in [0.29, 0.717) is 12.2 Å². The fourth-order valence-electron chi connectivity index (χ4n) is 2.87. The van der Waals surface area contributed by atoms with Crippen LogP contribution in [-0.4, -0.2) is 22.6 Å². The Kier molecular flexibility index (Phi) is 5.08. The van der Waals surface area contributed by atoms with Crippen molar-refractivity contribution in [2.45, 2.75) is 39.2 Å². The molecule has 1 aromatic carbocycles. The summed E-state index contributed by atoms with van der Waals surface area (Å²) in [6, 6.07) is 7.42. The van der Waals surface area contributed by atoms with Gasteiger partial charge in [-0.2, -0.15) is 0 Å². The van der Waals surface area contributed by atoms with Gasteiger partial charge in [0.15, 0.2) is 5.60 Å². The van der Waals surface area contributed by atoms with Gasteiger partial charge in [-0.25, -0.2) is 0 Å². The zero-order valence-corrected chi connectivity index (χ0v) is 13.7. The first-order chi connectivity index (χ1) is 10.8. The first-order valence-electron chi connectivity index (χ1n) is 7.78. The lowest BCUT2D eigenvalue weighted by Crippen LogP contribution is -2.51. The number of hydrogen-bond acceptors (Lipinski definition) is 3. The molecule has 1 heterocycles. The third-order valence-corrected chi connectivity index (χ3v) is 4.04. The van der Waals surface area contributed by atoms with Crippen LogP contribution in [0.25, 0.3) is 0 Å². The number of ether oxygens (including phenoxy) is 1. The Balaban J connectivity index is 2.45. The number of aryl methyl sites for hydroxylation is 1. The molecule has 0 saturated heterocycles. The van der Waals surface area contributed by atoms with Crippen LogP contribution in [-0.2, 0) is 9.59 Å². The van der Waals surface area contributed by atoms with Crippen LogP contribution in [0, 0.1) is 18.8 Å². The van der Waals surface area contributed by atoms with Crippen LogP contribution in [0.3, 0.4) is 0 Å². The van der Waals surface area contributed by atoms with E-state index >= 15 is 0 Å². The molecule has 0 bridgehead atoms. The number of benzene rings is 1. The number of nitrogens with one attached hydrogen (secondary N) is 1. The topological polar surface area (TPSA) is 75.6 Å². The molecule has 0 saturated carbocycles. The van der Waals surface area contributed by atoms with Crippen molar-refractivity contribution >= 4 is 11.9 Å². The quantitative estimate of drug-likeness (QED) is 0.846. The summed E-state index contributed by atoms with van der Waals surface area (Å²) in [4.78, 5) is 23.8. The second-order valence-corrected chi connectivity index (χ2v) is 6.42. The van der Waals surface area contributed by atoms with Gasteiger partial charge in [-0.3, -0.25) is 9.59 Å². The van der Waals surface area contributed by atoms with Crippen molar-refractivity contribution in [3.8, 4) is 5.75 Å². The number of carbonyl (C=O) groups is 2. The molecule has 0 radical (unpaired) electrons. The van der Waals surface area contributed by atoms with Gasteiger partial charge in [0, 0.05) is 6.20 Å². The van der Waals surface area contributed by atoms with Gasteiger partial charge in [0.2, 0.25) is 5.91 Å². The van der Waals surface area contributed by atoms with Crippen molar-refractivity contribution in [1.82, 2.24) is 5.32 Å². The van der Waals surface area contributed by atoms with Crippen LogP contribution in [0.5, 0.6) is 5.75 Å². The summed E-state index contributed by atoms with van der Waals surface area (Å²) >= 11 is 0. The number of para-hydroxylation sites is 1. The number of carboxylic acid groups (broad SMARTS) is 1. The molecule has 2 rings (SSSR count). The molecule has 1 amide bonds. The molecule has 23 heavy (non-hydrogen) atoms. The van der Waals surface area contributed by atoms with Crippen LogP contribution in [0.1, 0.15) is 32.3 Å². The van der Waals surface area contributed by atoms with Crippen molar-refractivity contribution in [3.05, 3.63) is 42.1 Å². The lowest BCUT2D eigenvalue weighted by molar-refractivity contribution is -0.150. The van der Waals surface area contributed by atoms with Crippen LogP contribution >= 0.6 is 0 Å². The first kappa shape index (κ1) is 17.1. The van der Waals surface area contributed by atoms with Gasteiger partial charge in [-0.05, 0) is 37.0 Å². The lowest BCUT2D eigenvalue weighted by Gasteiger charge is -2.39. The van der Waals surface area contributed by atoms with Gasteiger partial charge in [-0.1, -0.05) is 32.0 Å². The molecule has 5 heteroatoms. The van der Waals surface area contributed by atoms with Crippen molar-refractivity contribution in [1.29, 1.82) is 0 Å². The SMILES string of the molecule is Cc1ccccc1OC1(C(CC(C)C)C(=O)O)C=CNC(=O)C1. The number of amides is 1. The highest BCUT2D eigenvalue weighted by Crippen LogP contribution is 2.36. The van der Waals surface area contributed by atoms with Crippen molar-refractivity contribution in [2.24, 2.45) is 11.8 Å². The highest BCUT2D eigenvalue weighted by molar-refractivity contribution is 5.82. The van der Waals surface area contributed by atoms with Gasteiger partial charge in [0.1, 0.15) is 11.7 Å². The Morgan fingerprint density at radius 1 is 1.39 bits per heavy atom. The average molecular weight is 317 g/mol. The number of carbonyl (C=O) groups excluding carboxylic acids is 1. The van der Waals surface area contributed by atoms with Gasteiger partial charge in [0.05, 0.1) is 6.42 Å². The normalized spacial score (nSPS) is 21.8. The van der Waals surface area contributed by atoms with Gasteiger partial charge in [-0.15, -0.1) is 0 Å². The molecule has 124 valence electrons. The van der Waals surface area contributed by atoms with Crippen LogP contribution < -0.4 is 10.1 Å². The van der Waals surface area contributed by atoms with Crippen molar-refractivity contribution < 1.29 is 19.4 Å². The molecule has 0 aliphatic carbocycles. The number of hydrogen-bond donors (Lipinski definition) is 2. The predicted molar refractivity (Wildman–Crippen MR) is 87.0 cm³/mol. The van der Waals surface area contributed by atoms with E-state index in [2.05, 4.69) is 5.32 Å². The summed E-state index contributed by atoms with van der Waals surface area (Å²) < 4.78 is 6.14. The zero-order valence-electron chi connectivity index (χ0n) is 13.7. The maximum atomic E-state index is 11.9. The maximum absolute atomic E-state index is 11.9. The molecule has 0 spiro atoms. The van der Waals surface area contributed by atoms with Crippen LogP contribution in [0.15, 0.2) is 36.5 Å². The molecule has 0 fully saturated rings. The summed E-state index contributed by atoms with van der Waals surface area (Å²) in [5, 5.41) is 12.3. The summed E-state index contributed by atoms with van der Waals surface area (Å²) in [6.07, 6.45) is 3.57. The Hall–Kier alpha value is -2.30. The minimum atomic E-state index is -1.18. The van der Waals surface area contributed by atoms with Gasteiger partial charge in [0.25, 0.3) is 0 Å². The zero-order chi connectivity index (χ0) is 17.0. The number of aliphatic carboxylic acids is 1. The Bertz CT molecular complexity index is 623. The molecule has 1 aromatic rings. The number of carboxylic acids is 1. The van der Waals surface area contributed by atoms with E-state index in [0.717, 1.165) is 5.56 Å². The molecule has 2 unspecified atom stereocenters. The van der Waals surface area contributed by atoms with E-state index in [4.69, 9.17) is 4.74 Å². The van der Waals surface area contributed by atoms with Crippen LogP contribution in [0.4, 0.5) is 0 Å². The largest absolute Gasteiger partial charge is 0.481 e. The fraction of sp³-hybridized carbons (Fsp3) is 0.444. The van der Waals surface area contributed by atoms with Gasteiger partial charge < -0.3 is 15.2 Å². The number of rotatable bonds is 6.